The number of ether oxygens (including phenoxy) is 2. The lowest BCUT2D eigenvalue weighted by molar-refractivity contribution is 0.369. The average molecular weight is 235 g/mol. The van der Waals surface area contributed by atoms with Gasteiger partial charge in [-0.15, -0.1) is 0 Å². The second-order valence-corrected chi connectivity index (χ2v) is 4.89. The van der Waals surface area contributed by atoms with Crippen LogP contribution >= 0.6 is 0 Å². The fourth-order valence-electron chi connectivity index (χ4n) is 2.77. The van der Waals surface area contributed by atoms with Gasteiger partial charge in [0.2, 0.25) is 0 Å². The van der Waals surface area contributed by atoms with E-state index in [1.165, 1.54) is 12.8 Å². The monoisotopic (exact) mass is 235 g/mol. The zero-order chi connectivity index (χ0) is 12.5. The molecule has 0 amide bonds. The van der Waals surface area contributed by atoms with Gasteiger partial charge in [0.15, 0.2) is 0 Å². The maximum atomic E-state index is 6.51. The molecule has 0 spiro atoms. The third-order valence-corrected chi connectivity index (χ3v) is 3.72. The summed E-state index contributed by atoms with van der Waals surface area (Å²) in [5.41, 5.74) is 8.44. The first-order valence-electron chi connectivity index (χ1n) is 6.13. The maximum absolute atomic E-state index is 6.51. The zero-order valence-corrected chi connectivity index (χ0v) is 10.9. The molecular formula is C14H21NO2. The highest BCUT2D eigenvalue weighted by Crippen LogP contribution is 2.43. The van der Waals surface area contributed by atoms with Gasteiger partial charge >= 0.3 is 0 Å². The molecule has 1 aromatic rings. The van der Waals surface area contributed by atoms with E-state index < -0.39 is 0 Å². The Kier molecular flexibility index (Phi) is 3.29. The molecule has 0 aliphatic heterocycles. The van der Waals surface area contributed by atoms with E-state index in [0.717, 1.165) is 35.5 Å². The molecule has 0 aromatic heterocycles. The number of nitrogens with two attached hydrogens (primary N) is 1. The Morgan fingerprint density at radius 3 is 2.29 bits per heavy atom. The fourth-order valence-corrected chi connectivity index (χ4v) is 2.77. The number of hydrogen-bond acceptors (Lipinski definition) is 3. The smallest absolute Gasteiger partial charge is 0.127 e. The van der Waals surface area contributed by atoms with Gasteiger partial charge in [0.1, 0.15) is 11.5 Å². The molecule has 17 heavy (non-hydrogen) atoms. The van der Waals surface area contributed by atoms with Crippen LogP contribution in [-0.2, 0) is 5.54 Å². The van der Waals surface area contributed by atoms with Gasteiger partial charge < -0.3 is 15.2 Å². The number of methoxy groups -OCH3 is 2. The highest BCUT2D eigenvalue weighted by Gasteiger charge is 2.34. The van der Waals surface area contributed by atoms with Crippen molar-refractivity contribution in [3.8, 4) is 11.5 Å². The molecule has 1 fully saturated rings. The summed E-state index contributed by atoms with van der Waals surface area (Å²) in [4.78, 5) is 0. The van der Waals surface area contributed by atoms with E-state index in [2.05, 4.69) is 0 Å². The molecule has 1 aliphatic carbocycles. The molecule has 1 aliphatic rings. The van der Waals surface area contributed by atoms with E-state index in [-0.39, 0.29) is 5.54 Å². The van der Waals surface area contributed by atoms with Crippen molar-refractivity contribution in [2.45, 2.75) is 38.1 Å². The molecule has 3 nitrogen and oxygen atoms in total. The molecule has 0 radical (unpaired) electrons. The molecule has 1 aromatic carbocycles. The lowest BCUT2D eigenvalue weighted by Gasteiger charge is -2.27. The third kappa shape index (κ3) is 2.12. The first kappa shape index (κ1) is 12.2. The van der Waals surface area contributed by atoms with Crippen LogP contribution in [0.25, 0.3) is 0 Å². The van der Waals surface area contributed by atoms with Gasteiger partial charge in [0, 0.05) is 11.1 Å². The minimum atomic E-state index is -0.245. The van der Waals surface area contributed by atoms with Gasteiger partial charge in [-0.2, -0.15) is 0 Å². The van der Waals surface area contributed by atoms with Crippen LogP contribution in [0.15, 0.2) is 12.1 Å². The number of benzene rings is 1. The molecule has 3 heteroatoms. The van der Waals surface area contributed by atoms with Crippen molar-refractivity contribution in [2.75, 3.05) is 14.2 Å². The average Bonchev–Trinajstić information content (AvgIpc) is 2.76. The first-order valence-corrected chi connectivity index (χ1v) is 6.13. The van der Waals surface area contributed by atoms with E-state index in [1.54, 1.807) is 14.2 Å². The summed E-state index contributed by atoms with van der Waals surface area (Å²) in [5.74, 6) is 1.77. The van der Waals surface area contributed by atoms with Crippen molar-refractivity contribution in [2.24, 2.45) is 5.73 Å². The van der Waals surface area contributed by atoms with Crippen molar-refractivity contribution in [1.29, 1.82) is 0 Å². The maximum Gasteiger partial charge on any atom is 0.127 e. The Bertz CT molecular complexity index is 409. The van der Waals surface area contributed by atoms with Crippen molar-refractivity contribution in [3.63, 3.8) is 0 Å². The third-order valence-electron chi connectivity index (χ3n) is 3.72. The van der Waals surface area contributed by atoms with Crippen LogP contribution < -0.4 is 15.2 Å². The van der Waals surface area contributed by atoms with Crippen LogP contribution in [0.5, 0.6) is 11.5 Å². The highest BCUT2D eigenvalue weighted by atomic mass is 16.5. The van der Waals surface area contributed by atoms with E-state index >= 15 is 0 Å². The van der Waals surface area contributed by atoms with E-state index in [1.807, 2.05) is 19.1 Å². The van der Waals surface area contributed by atoms with Gasteiger partial charge in [-0.05, 0) is 37.5 Å². The van der Waals surface area contributed by atoms with Gasteiger partial charge in [-0.3, -0.25) is 0 Å². The van der Waals surface area contributed by atoms with E-state index in [0.29, 0.717) is 0 Å². The van der Waals surface area contributed by atoms with Crippen LogP contribution in [0.3, 0.4) is 0 Å². The molecule has 0 saturated heterocycles. The van der Waals surface area contributed by atoms with E-state index in [4.69, 9.17) is 15.2 Å². The molecule has 1 saturated carbocycles. The van der Waals surface area contributed by atoms with E-state index in [9.17, 15) is 0 Å². The number of rotatable bonds is 3. The second-order valence-electron chi connectivity index (χ2n) is 4.89. The second kappa shape index (κ2) is 4.57. The summed E-state index contributed by atoms with van der Waals surface area (Å²) in [6, 6.07) is 4.01. The van der Waals surface area contributed by atoms with Crippen molar-refractivity contribution < 1.29 is 9.47 Å². The Balaban J connectivity index is 2.53. The normalized spacial score (nSPS) is 18.1. The van der Waals surface area contributed by atoms with Crippen LogP contribution in [0.4, 0.5) is 0 Å². The standard InChI is InChI=1S/C14H21NO2/c1-10-8-11(16-2)9-12(13(10)17-3)14(15)6-4-5-7-14/h8-9H,4-7,15H2,1-3H3. The summed E-state index contributed by atoms with van der Waals surface area (Å²) in [7, 11) is 3.39. The molecule has 94 valence electrons. The summed E-state index contributed by atoms with van der Waals surface area (Å²) in [5, 5.41) is 0. The molecular weight excluding hydrogens is 214 g/mol. The largest absolute Gasteiger partial charge is 0.497 e. The Labute approximate surface area is 103 Å². The Morgan fingerprint density at radius 2 is 1.76 bits per heavy atom. The molecule has 2 rings (SSSR count). The fraction of sp³-hybridized carbons (Fsp3) is 0.571. The van der Waals surface area contributed by atoms with Gasteiger partial charge in [0.05, 0.1) is 14.2 Å². The summed E-state index contributed by atoms with van der Waals surface area (Å²) < 4.78 is 10.8. The topological polar surface area (TPSA) is 44.5 Å². The van der Waals surface area contributed by atoms with Crippen LogP contribution in [0.1, 0.15) is 36.8 Å². The summed E-state index contributed by atoms with van der Waals surface area (Å²) in [6.07, 6.45) is 4.43. The SMILES string of the molecule is COc1cc(C)c(OC)c(C2(N)CCCC2)c1. The molecule has 0 unspecified atom stereocenters. The molecule has 0 bridgehead atoms. The predicted molar refractivity (Wildman–Crippen MR) is 68.6 cm³/mol. The minimum Gasteiger partial charge on any atom is -0.497 e. The number of hydrogen-bond donors (Lipinski definition) is 1. The quantitative estimate of drug-likeness (QED) is 0.876. The highest BCUT2D eigenvalue weighted by molar-refractivity contribution is 5.50. The molecule has 0 atom stereocenters. The van der Waals surface area contributed by atoms with Crippen molar-refractivity contribution in [3.05, 3.63) is 23.3 Å². The predicted octanol–water partition coefficient (Wildman–Crippen LogP) is 2.74. The van der Waals surface area contributed by atoms with Crippen LogP contribution in [0.2, 0.25) is 0 Å². The van der Waals surface area contributed by atoms with Gasteiger partial charge in [-0.1, -0.05) is 12.8 Å². The van der Waals surface area contributed by atoms with Crippen LogP contribution in [0, 0.1) is 6.92 Å². The Hall–Kier alpha value is -1.22. The first-order chi connectivity index (χ1) is 8.10. The Morgan fingerprint density at radius 1 is 1.12 bits per heavy atom. The zero-order valence-electron chi connectivity index (χ0n) is 10.9. The van der Waals surface area contributed by atoms with Crippen LogP contribution in [-0.4, -0.2) is 14.2 Å². The minimum absolute atomic E-state index is 0.245. The molecule has 2 N–H and O–H groups in total. The summed E-state index contributed by atoms with van der Waals surface area (Å²) in [6.45, 7) is 2.03. The number of aryl methyl sites for hydroxylation is 1. The summed E-state index contributed by atoms with van der Waals surface area (Å²) >= 11 is 0. The van der Waals surface area contributed by atoms with Gasteiger partial charge in [-0.25, -0.2) is 0 Å². The van der Waals surface area contributed by atoms with Crippen molar-refractivity contribution in [1.82, 2.24) is 0 Å². The van der Waals surface area contributed by atoms with Gasteiger partial charge in [0.25, 0.3) is 0 Å². The van der Waals surface area contributed by atoms with Crippen molar-refractivity contribution >= 4 is 0 Å². The lowest BCUT2D eigenvalue weighted by Crippen LogP contribution is -2.33. The lowest BCUT2D eigenvalue weighted by atomic mass is 9.87. The molecule has 0 heterocycles.